The Bertz CT molecular complexity index is 156. The van der Waals surface area contributed by atoms with Crippen LogP contribution in [0.25, 0.3) is 0 Å². The van der Waals surface area contributed by atoms with E-state index in [1.807, 2.05) is 0 Å². The van der Waals surface area contributed by atoms with Crippen LogP contribution >= 0.6 is 11.6 Å². The van der Waals surface area contributed by atoms with Gasteiger partial charge in [-0.2, -0.15) is 0 Å². The highest BCUT2D eigenvalue weighted by Gasteiger charge is 2.42. The number of aliphatic hydroxyl groups excluding tert-OH is 3. The van der Waals surface area contributed by atoms with E-state index < -0.39 is 24.6 Å². The van der Waals surface area contributed by atoms with E-state index >= 15 is 0 Å². The van der Waals surface area contributed by atoms with E-state index in [4.69, 9.17) is 26.2 Å². The summed E-state index contributed by atoms with van der Waals surface area (Å²) in [5.74, 6) is 0.284. The van der Waals surface area contributed by atoms with Gasteiger partial charge in [0.05, 0.1) is 13.2 Å². The van der Waals surface area contributed by atoms with E-state index in [0.29, 0.717) is 0 Å². The first-order chi connectivity index (χ1) is 6.20. The zero-order valence-corrected chi connectivity index (χ0v) is 7.72. The lowest BCUT2D eigenvalue weighted by molar-refractivity contribution is -0.166. The van der Waals surface area contributed by atoms with Crippen molar-refractivity contribution < 1.29 is 24.8 Å². The van der Waals surface area contributed by atoms with Gasteiger partial charge in [-0.05, 0) is 0 Å². The van der Waals surface area contributed by atoms with Gasteiger partial charge in [-0.25, -0.2) is 0 Å². The molecule has 1 fully saturated rings. The maximum atomic E-state index is 9.33. The van der Waals surface area contributed by atoms with Crippen LogP contribution in [-0.2, 0) is 9.47 Å². The van der Waals surface area contributed by atoms with Gasteiger partial charge in [0.25, 0.3) is 0 Å². The van der Waals surface area contributed by atoms with Gasteiger partial charge in [0.2, 0.25) is 0 Å². The largest absolute Gasteiger partial charge is 0.394 e. The molecule has 1 rings (SSSR count). The Labute approximate surface area is 80.8 Å². The molecule has 0 spiro atoms. The van der Waals surface area contributed by atoms with Gasteiger partial charge in [-0.3, -0.25) is 0 Å². The average Bonchev–Trinajstić information content (AvgIpc) is 2.41. The SMILES string of the molecule is OC[C@H]1O[C@@H](OCCCl)[C@H](O)[C@@H]1O. The molecule has 13 heavy (non-hydrogen) atoms. The summed E-state index contributed by atoms with van der Waals surface area (Å²) in [4.78, 5) is 0. The van der Waals surface area contributed by atoms with Crippen molar-refractivity contribution in [2.24, 2.45) is 0 Å². The maximum absolute atomic E-state index is 9.33. The van der Waals surface area contributed by atoms with Crippen LogP contribution in [0.4, 0.5) is 0 Å². The van der Waals surface area contributed by atoms with Crippen molar-refractivity contribution in [3.63, 3.8) is 0 Å². The summed E-state index contributed by atoms with van der Waals surface area (Å²) in [6, 6.07) is 0. The van der Waals surface area contributed by atoms with Crippen LogP contribution in [-0.4, -0.2) is 59.0 Å². The van der Waals surface area contributed by atoms with Crippen LogP contribution in [0.5, 0.6) is 0 Å². The van der Waals surface area contributed by atoms with Crippen LogP contribution in [0, 0.1) is 0 Å². The quantitative estimate of drug-likeness (QED) is 0.504. The third kappa shape index (κ3) is 2.52. The van der Waals surface area contributed by atoms with Crippen molar-refractivity contribution in [1.82, 2.24) is 0 Å². The summed E-state index contributed by atoms with van der Waals surface area (Å²) in [7, 11) is 0. The molecule has 4 atom stereocenters. The number of alkyl halides is 1. The third-order valence-electron chi connectivity index (χ3n) is 1.86. The van der Waals surface area contributed by atoms with E-state index in [1.165, 1.54) is 0 Å². The molecule has 0 aromatic heterocycles. The minimum Gasteiger partial charge on any atom is -0.394 e. The van der Waals surface area contributed by atoms with Crippen molar-refractivity contribution in [3.8, 4) is 0 Å². The fourth-order valence-corrected chi connectivity index (χ4v) is 1.25. The molecule has 0 unspecified atom stereocenters. The van der Waals surface area contributed by atoms with E-state index in [2.05, 4.69) is 0 Å². The predicted molar refractivity (Wildman–Crippen MR) is 44.4 cm³/mol. The normalized spacial score (nSPS) is 39.7. The van der Waals surface area contributed by atoms with Crippen molar-refractivity contribution in [3.05, 3.63) is 0 Å². The number of rotatable bonds is 4. The van der Waals surface area contributed by atoms with E-state index in [0.717, 1.165) is 0 Å². The Balaban J connectivity index is 2.40. The Morgan fingerprint density at radius 1 is 1.31 bits per heavy atom. The lowest BCUT2D eigenvalue weighted by atomic mass is 10.1. The number of aliphatic hydroxyl groups is 3. The molecule has 3 N–H and O–H groups in total. The molecule has 0 aromatic rings. The number of hydrogen-bond donors (Lipinski definition) is 3. The smallest absolute Gasteiger partial charge is 0.186 e. The second-order valence-corrected chi connectivity index (χ2v) is 3.14. The van der Waals surface area contributed by atoms with E-state index in [1.54, 1.807) is 0 Å². The molecule has 0 amide bonds. The second-order valence-electron chi connectivity index (χ2n) is 2.77. The Morgan fingerprint density at radius 3 is 2.46 bits per heavy atom. The molecule has 5 nitrogen and oxygen atoms in total. The first kappa shape index (κ1) is 11.2. The topological polar surface area (TPSA) is 79.2 Å². The third-order valence-corrected chi connectivity index (χ3v) is 2.01. The molecule has 1 aliphatic rings. The first-order valence-corrected chi connectivity index (χ1v) is 4.54. The van der Waals surface area contributed by atoms with Gasteiger partial charge in [0.1, 0.15) is 18.3 Å². The molecule has 0 saturated carbocycles. The number of halogens is 1. The van der Waals surface area contributed by atoms with Gasteiger partial charge in [0.15, 0.2) is 6.29 Å². The molecular weight excluding hydrogens is 200 g/mol. The highest BCUT2D eigenvalue weighted by molar-refractivity contribution is 6.17. The molecule has 0 aromatic carbocycles. The van der Waals surface area contributed by atoms with Crippen molar-refractivity contribution in [2.45, 2.75) is 24.6 Å². The molecule has 1 heterocycles. The molecule has 6 heteroatoms. The van der Waals surface area contributed by atoms with Gasteiger partial charge in [0, 0.05) is 5.88 Å². The molecule has 0 bridgehead atoms. The predicted octanol–water partition coefficient (Wildman–Crippen LogP) is -1.32. The second kappa shape index (κ2) is 5.09. The highest BCUT2D eigenvalue weighted by Crippen LogP contribution is 2.21. The van der Waals surface area contributed by atoms with E-state index in [-0.39, 0.29) is 19.1 Å². The van der Waals surface area contributed by atoms with Crippen LogP contribution in [0.2, 0.25) is 0 Å². The van der Waals surface area contributed by atoms with Crippen molar-refractivity contribution in [2.75, 3.05) is 19.1 Å². The minimum atomic E-state index is -1.12. The standard InChI is InChI=1S/C7H13ClO5/c8-1-2-12-7-6(11)5(10)4(3-9)13-7/h4-7,9-11H,1-3H2/t4-,5-,6-,7-/m1/s1. The summed E-state index contributed by atoms with van der Waals surface area (Å²) in [5, 5.41) is 27.3. The van der Waals surface area contributed by atoms with Gasteiger partial charge < -0.3 is 24.8 Å². The Kier molecular flexibility index (Phi) is 4.37. The zero-order valence-electron chi connectivity index (χ0n) is 6.97. The number of ether oxygens (including phenoxy) is 2. The monoisotopic (exact) mass is 212 g/mol. The summed E-state index contributed by atoms with van der Waals surface area (Å²) in [6.45, 7) is -0.118. The van der Waals surface area contributed by atoms with Crippen LogP contribution in [0.15, 0.2) is 0 Å². The van der Waals surface area contributed by atoms with Crippen LogP contribution < -0.4 is 0 Å². The minimum absolute atomic E-state index is 0.230. The fourth-order valence-electron chi connectivity index (χ4n) is 1.16. The van der Waals surface area contributed by atoms with Gasteiger partial charge >= 0.3 is 0 Å². The van der Waals surface area contributed by atoms with Crippen molar-refractivity contribution in [1.29, 1.82) is 0 Å². The van der Waals surface area contributed by atoms with Crippen LogP contribution in [0.3, 0.4) is 0 Å². The average molecular weight is 213 g/mol. The lowest BCUT2D eigenvalue weighted by Gasteiger charge is -2.14. The fraction of sp³-hybridized carbons (Fsp3) is 1.00. The molecule has 78 valence electrons. The van der Waals surface area contributed by atoms with E-state index in [9.17, 15) is 10.2 Å². The first-order valence-electron chi connectivity index (χ1n) is 4.00. The summed E-state index contributed by atoms with van der Waals surface area (Å²) >= 11 is 5.36. The molecular formula is C7H13ClO5. The Morgan fingerprint density at radius 2 is 2.00 bits per heavy atom. The lowest BCUT2D eigenvalue weighted by Crippen LogP contribution is -2.34. The van der Waals surface area contributed by atoms with Crippen molar-refractivity contribution >= 4 is 11.6 Å². The Hall–Kier alpha value is 0.0900. The molecule has 0 radical (unpaired) electrons. The van der Waals surface area contributed by atoms with Gasteiger partial charge in [-0.1, -0.05) is 0 Å². The zero-order chi connectivity index (χ0) is 9.84. The maximum Gasteiger partial charge on any atom is 0.186 e. The summed E-state index contributed by atoms with van der Waals surface area (Å²) < 4.78 is 10.00. The summed E-state index contributed by atoms with van der Waals surface area (Å²) in [5.41, 5.74) is 0. The highest BCUT2D eigenvalue weighted by atomic mass is 35.5. The molecule has 1 aliphatic heterocycles. The molecule has 0 aliphatic carbocycles. The van der Waals surface area contributed by atoms with Gasteiger partial charge in [-0.15, -0.1) is 11.6 Å². The summed E-state index contributed by atoms with van der Waals surface area (Å²) in [6.07, 6.45) is -3.91. The number of hydrogen-bond acceptors (Lipinski definition) is 5. The van der Waals surface area contributed by atoms with Crippen LogP contribution in [0.1, 0.15) is 0 Å². The molecule has 1 saturated heterocycles.